The minimum atomic E-state index is -1.46. The van der Waals surface area contributed by atoms with Crippen LogP contribution in [-0.4, -0.2) is 81.2 Å². The summed E-state index contributed by atoms with van der Waals surface area (Å²) in [4.78, 5) is 38.3. The molecule has 0 atom stereocenters. The molecule has 2 heterocycles. The van der Waals surface area contributed by atoms with Gasteiger partial charge in [0.25, 0.3) is 5.91 Å². The number of carbonyl (C=O) groups is 3. The van der Waals surface area contributed by atoms with E-state index in [1.165, 1.54) is 43.5 Å². The lowest BCUT2D eigenvalue weighted by atomic mass is 9.77. The third-order valence-electron chi connectivity index (χ3n) is 8.51. The van der Waals surface area contributed by atoms with E-state index in [9.17, 15) is 24.6 Å². The van der Waals surface area contributed by atoms with Crippen molar-refractivity contribution in [1.82, 2.24) is 10.6 Å². The van der Waals surface area contributed by atoms with Gasteiger partial charge in [0.15, 0.2) is 5.60 Å². The first-order valence-corrected chi connectivity index (χ1v) is 16.8. The number of phenols is 2. The predicted molar refractivity (Wildman–Crippen MR) is 179 cm³/mol. The van der Waals surface area contributed by atoms with Crippen LogP contribution in [0, 0.1) is 0 Å². The summed E-state index contributed by atoms with van der Waals surface area (Å²) in [6.45, 7) is 2.93. The highest BCUT2D eigenvalue weighted by atomic mass is 16.6. The van der Waals surface area contributed by atoms with Gasteiger partial charge in [-0.05, 0) is 55.3 Å². The lowest BCUT2D eigenvalue weighted by molar-refractivity contribution is -0.122. The van der Waals surface area contributed by atoms with Gasteiger partial charge in [-0.2, -0.15) is 0 Å². The number of hydrogen-bond donors (Lipinski definition) is 4. The first-order valence-electron chi connectivity index (χ1n) is 16.8. The number of aromatic hydroxyl groups is 2. The molecule has 3 aromatic carbocycles. The Morgan fingerprint density at radius 2 is 1.37 bits per heavy atom. The fourth-order valence-corrected chi connectivity index (χ4v) is 6.06. The Kier molecular flexibility index (Phi) is 12.5. The number of rotatable bonds is 19. The van der Waals surface area contributed by atoms with Crippen molar-refractivity contribution < 1.29 is 48.3 Å². The molecule has 0 bridgehead atoms. The Hall–Kier alpha value is -4.65. The summed E-state index contributed by atoms with van der Waals surface area (Å²) in [7, 11) is 1.72. The Morgan fingerprint density at radius 1 is 0.714 bits per heavy atom. The van der Waals surface area contributed by atoms with Crippen LogP contribution < -0.4 is 15.4 Å². The molecule has 0 radical (unpaired) electrons. The van der Waals surface area contributed by atoms with Crippen LogP contribution in [0.3, 0.4) is 0 Å². The van der Waals surface area contributed by atoms with Gasteiger partial charge in [-0.25, -0.2) is 4.79 Å². The minimum Gasteiger partial charge on any atom is -0.508 e. The molecule has 2 amide bonds. The number of esters is 1. The van der Waals surface area contributed by atoms with Gasteiger partial charge in [0, 0.05) is 67.6 Å². The number of amides is 2. The van der Waals surface area contributed by atoms with Crippen LogP contribution in [0.15, 0.2) is 54.6 Å². The van der Waals surface area contributed by atoms with Gasteiger partial charge < -0.3 is 44.5 Å². The highest BCUT2D eigenvalue weighted by Gasteiger charge is 2.53. The molecule has 3 aromatic rings. The van der Waals surface area contributed by atoms with Gasteiger partial charge in [-0.15, -0.1) is 0 Å². The van der Waals surface area contributed by atoms with Crippen LogP contribution in [0.2, 0.25) is 0 Å². The number of carbonyl (C=O) groups excluding carboxylic acids is 3. The highest BCUT2D eigenvalue weighted by molar-refractivity contribution is 6.00. The van der Waals surface area contributed by atoms with E-state index < -0.39 is 11.6 Å². The molecule has 0 aromatic heterocycles. The lowest BCUT2D eigenvalue weighted by Gasteiger charge is -2.36. The van der Waals surface area contributed by atoms with Crippen molar-refractivity contribution >= 4 is 17.8 Å². The molecule has 4 N–H and O–H groups in total. The van der Waals surface area contributed by atoms with Gasteiger partial charge in [0.05, 0.1) is 32.0 Å². The molecule has 0 saturated heterocycles. The first kappa shape index (κ1) is 35.7. The molecule has 0 aliphatic carbocycles. The Morgan fingerprint density at radius 3 is 2.06 bits per heavy atom. The Balaban J connectivity index is 1.05. The van der Waals surface area contributed by atoms with Gasteiger partial charge >= 0.3 is 5.97 Å². The first-order chi connectivity index (χ1) is 23.8. The summed E-state index contributed by atoms with van der Waals surface area (Å²) in [6.07, 6.45) is 7.00. The SMILES string of the molecule is COCCCCCCCCNC(=O)CCOCCOCCNC(=O)c1ccc2c(c1)C1(OC2=O)c2ccc(O)cc2Oc2cc(O)ccc21. The molecular weight excluding hydrogens is 632 g/mol. The van der Waals surface area contributed by atoms with E-state index in [0.717, 1.165) is 25.9 Å². The zero-order valence-corrected chi connectivity index (χ0v) is 27.8. The van der Waals surface area contributed by atoms with E-state index in [1.54, 1.807) is 37.4 Å². The van der Waals surface area contributed by atoms with Gasteiger partial charge in [0.1, 0.15) is 23.0 Å². The van der Waals surface area contributed by atoms with E-state index >= 15 is 0 Å². The quantitative estimate of drug-likeness (QED) is 0.101. The molecule has 2 aliphatic heterocycles. The molecule has 49 heavy (non-hydrogen) atoms. The second kappa shape index (κ2) is 17.1. The van der Waals surface area contributed by atoms with E-state index in [0.29, 0.717) is 55.0 Å². The number of ether oxygens (including phenoxy) is 5. The van der Waals surface area contributed by atoms with Crippen molar-refractivity contribution in [3.8, 4) is 23.0 Å². The van der Waals surface area contributed by atoms with Crippen LogP contribution in [-0.2, 0) is 29.3 Å². The van der Waals surface area contributed by atoms with Crippen molar-refractivity contribution in [3.63, 3.8) is 0 Å². The van der Waals surface area contributed by atoms with Crippen molar-refractivity contribution in [1.29, 1.82) is 0 Å². The summed E-state index contributed by atoms with van der Waals surface area (Å²) in [5, 5.41) is 26.0. The lowest BCUT2D eigenvalue weighted by Crippen LogP contribution is -2.33. The second-order valence-corrected chi connectivity index (χ2v) is 12.0. The topological polar surface area (TPSA) is 162 Å². The average molecular weight is 677 g/mol. The largest absolute Gasteiger partial charge is 0.508 e. The van der Waals surface area contributed by atoms with Crippen molar-refractivity contribution in [2.24, 2.45) is 0 Å². The summed E-state index contributed by atoms with van der Waals surface area (Å²) in [5.74, 6) is -0.557. The molecule has 1 spiro atoms. The summed E-state index contributed by atoms with van der Waals surface area (Å²) < 4.78 is 28.2. The molecule has 0 unspecified atom stereocenters. The van der Waals surface area contributed by atoms with E-state index in [2.05, 4.69) is 10.6 Å². The molecule has 0 fully saturated rings. The summed E-state index contributed by atoms with van der Waals surface area (Å²) in [5.41, 5.74) is 0.528. The van der Waals surface area contributed by atoms with E-state index in [4.69, 9.17) is 23.7 Å². The fourth-order valence-electron chi connectivity index (χ4n) is 6.06. The van der Waals surface area contributed by atoms with Crippen LogP contribution in [0.1, 0.15) is 82.4 Å². The minimum absolute atomic E-state index is 0.0269. The van der Waals surface area contributed by atoms with Gasteiger partial charge in [-0.3, -0.25) is 9.59 Å². The maximum absolute atomic E-state index is 13.1. The zero-order chi connectivity index (χ0) is 34.6. The third kappa shape index (κ3) is 8.69. The molecule has 12 nitrogen and oxygen atoms in total. The molecule has 262 valence electrons. The van der Waals surface area contributed by atoms with E-state index in [-0.39, 0.29) is 53.5 Å². The van der Waals surface area contributed by atoms with Crippen LogP contribution in [0.25, 0.3) is 0 Å². The number of unbranched alkanes of at least 4 members (excludes halogenated alkanes) is 5. The number of phenolic OH excluding ortho intramolecular Hbond substituents is 2. The second-order valence-electron chi connectivity index (χ2n) is 12.0. The van der Waals surface area contributed by atoms with Crippen LogP contribution in [0.5, 0.6) is 23.0 Å². The predicted octanol–water partition coefficient (Wildman–Crippen LogP) is 4.92. The van der Waals surface area contributed by atoms with E-state index in [1.807, 2.05) is 0 Å². The molecule has 0 saturated carbocycles. The molecule has 5 rings (SSSR count). The average Bonchev–Trinajstić information content (AvgIpc) is 3.37. The van der Waals surface area contributed by atoms with Crippen LogP contribution >= 0.6 is 0 Å². The smallest absolute Gasteiger partial charge is 0.340 e. The zero-order valence-electron chi connectivity index (χ0n) is 27.8. The summed E-state index contributed by atoms with van der Waals surface area (Å²) >= 11 is 0. The summed E-state index contributed by atoms with van der Waals surface area (Å²) in [6, 6.07) is 13.7. The number of benzene rings is 3. The highest BCUT2D eigenvalue weighted by Crippen LogP contribution is 2.57. The monoisotopic (exact) mass is 676 g/mol. The van der Waals surface area contributed by atoms with Crippen molar-refractivity contribution in [2.75, 3.05) is 53.2 Å². The maximum atomic E-state index is 13.1. The molecular formula is C37H44N2O10. The number of hydrogen-bond acceptors (Lipinski definition) is 10. The maximum Gasteiger partial charge on any atom is 0.340 e. The third-order valence-corrected chi connectivity index (χ3v) is 8.51. The molecule has 2 aliphatic rings. The standard InChI is InChI=1S/C37H44N2O10/c1-45-17-7-5-3-2-4-6-15-38-34(42)14-18-46-20-21-47-19-16-39-35(43)25-8-11-28-31(22-25)37(49-36(28)44)29-12-9-26(40)23-32(29)48-33-24-27(41)10-13-30(33)37/h8-13,22-24,40-41H,2-7,14-21H2,1H3,(H,38,42)(H,39,43). The number of fused-ring (bicyclic) bond motifs is 6. The van der Waals surface area contributed by atoms with Crippen molar-refractivity contribution in [3.05, 3.63) is 82.4 Å². The van der Waals surface area contributed by atoms with Crippen LogP contribution in [0.4, 0.5) is 0 Å². The van der Waals surface area contributed by atoms with Crippen molar-refractivity contribution in [2.45, 2.75) is 50.5 Å². The van der Waals surface area contributed by atoms with Gasteiger partial charge in [-0.1, -0.05) is 25.7 Å². The molecule has 12 heteroatoms. The number of nitrogens with one attached hydrogen (secondary N) is 2. The Labute approximate surface area is 285 Å². The van der Waals surface area contributed by atoms with Gasteiger partial charge in [0.2, 0.25) is 5.91 Å². The number of methoxy groups -OCH3 is 1. The normalized spacial score (nSPS) is 13.6. The fraction of sp³-hybridized carbons (Fsp3) is 0.432. The Bertz CT molecular complexity index is 1570.